The minimum Gasteiger partial charge on any atom is -0.481 e. The summed E-state index contributed by atoms with van der Waals surface area (Å²) in [6.45, 7) is 2.07. The van der Waals surface area contributed by atoms with Gasteiger partial charge in [-0.1, -0.05) is 0 Å². The lowest BCUT2D eigenvalue weighted by Crippen LogP contribution is -2.42. The molecule has 0 aliphatic carbocycles. The van der Waals surface area contributed by atoms with Crippen LogP contribution in [-0.2, 0) is 14.3 Å². The van der Waals surface area contributed by atoms with E-state index in [2.05, 4.69) is 10.6 Å². The van der Waals surface area contributed by atoms with Gasteiger partial charge >= 0.3 is 12.0 Å². The fourth-order valence-electron chi connectivity index (χ4n) is 0.953. The zero-order valence-electron chi connectivity index (χ0n) is 9.99. The summed E-state index contributed by atoms with van der Waals surface area (Å²) in [5.74, 6) is -1.45. The molecule has 3 N–H and O–H groups in total. The maximum absolute atomic E-state index is 11.2. The van der Waals surface area contributed by atoms with Crippen molar-refractivity contribution in [2.75, 3.05) is 13.7 Å². The molecule has 0 aliphatic rings. The molecular weight excluding hydrogens is 228 g/mol. The Morgan fingerprint density at radius 3 is 2.47 bits per heavy atom. The van der Waals surface area contributed by atoms with Crippen LogP contribution in [0.3, 0.4) is 0 Å². The van der Waals surface area contributed by atoms with E-state index in [0.29, 0.717) is 6.54 Å². The van der Waals surface area contributed by atoms with Gasteiger partial charge in [-0.2, -0.15) is 0 Å². The number of hydrogen-bond acceptors (Lipinski definition) is 4. The quantitative estimate of drug-likeness (QED) is 0.591. The molecule has 1 unspecified atom stereocenters. The van der Waals surface area contributed by atoms with E-state index in [-0.39, 0.29) is 25.4 Å². The second-order valence-corrected chi connectivity index (χ2v) is 3.55. The van der Waals surface area contributed by atoms with Crippen molar-refractivity contribution < 1.29 is 24.2 Å². The number of carbonyl (C=O) groups is 3. The van der Waals surface area contributed by atoms with Crippen LogP contribution in [0.2, 0.25) is 0 Å². The highest BCUT2D eigenvalue weighted by Gasteiger charge is 2.09. The average Bonchev–Trinajstić information content (AvgIpc) is 2.25. The Morgan fingerprint density at radius 1 is 1.29 bits per heavy atom. The van der Waals surface area contributed by atoms with Crippen molar-refractivity contribution in [3.05, 3.63) is 0 Å². The first-order valence-electron chi connectivity index (χ1n) is 5.28. The molecule has 0 aromatic rings. The Bertz CT molecular complexity index is 280. The maximum atomic E-state index is 11.2. The van der Waals surface area contributed by atoms with Crippen LogP contribution in [-0.4, -0.2) is 42.8 Å². The summed E-state index contributed by atoms with van der Waals surface area (Å²) in [6.07, 6.45) is 0.000884. The number of urea groups is 1. The number of carbonyl (C=O) groups excluding carboxylic acids is 2. The Labute approximate surface area is 99.5 Å². The van der Waals surface area contributed by atoms with E-state index < -0.39 is 17.9 Å². The fraction of sp³-hybridized carbons (Fsp3) is 0.700. The summed E-state index contributed by atoms with van der Waals surface area (Å²) in [7, 11) is 1.52. The lowest BCUT2D eigenvalue weighted by molar-refractivity contribution is -0.137. The van der Waals surface area contributed by atoms with Crippen LogP contribution >= 0.6 is 0 Å². The molecule has 7 heteroatoms. The van der Waals surface area contributed by atoms with Crippen molar-refractivity contribution in [2.24, 2.45) is 0 Å². The van der Waals surface area contributed by atoms with Crippen LogP contribution in [0.5, 0.6) is 0 Å². The average molecular weight is 246 g/mol. The standard InChI is InChI=1S/C10H18N2O5/c1-7(17-2)6-11-10(16)12-8(13)4-3-5-9(14)15/h7H,3-6H2,1-2H3,(H,14,15)(H2,11,12,13,16). The van der Waals surface area contributed by atoms with E-state index in [9.17, 15) is 14.4 Å². The SMILES string of the molecule is COC(C)CNC(=O)NC(=O)CCCC(=O)O. The lowest BCUT2D eigenvalue weighted by Gasteiger charge is -2.10. The van der Waals surface area contributed by atoms with Crippen LogP contribution in [0, 0.1) is 0 Å². The zero-order chi connectivity index (χ0) is 13.3. The van der Waals surface area contributed by atoms with Crippen molar-refractivity contribution >= 4 is 17.9 Å². The van der Waals surface area contributed by atoms with E-state index in [1.165, 1.54) is 7.11 Å². The predicted octanol–water partition coefficient (Wildman–Crippen LogP) is 0.102. The molecule has 98 valence electrons. The van der Waals surface area contributed by atoms with E-state index in [4.69, 9.17) is 9.84 Å². The van der Waals surface area contributed by atoms with Gasteiger partial charge in [0.15, 0.2) is 0 Å². The fourth-order valence-corrected chi connectivity index (χ4v) is 0.953. The molecule has 0 aromatic carbocycles. The summed E-state index contributed by atoms with van der Waals surface area (Å²) >= 11 is 0. The van der Waals surface area contributed by atoms with Crippen molar-refractivity contribution in [3.8, 4) is 0 Å². The number of imide groups is 1. The third-order valence-corrected chi connectivity index (χ3v) is 2.00. The molecule has 17 heavy (non-hydrogen) atoms. The predicted molar refractivity (Wildman–Crippen MR) is 59.5 cm³/mol. The molecular formula is C10H18N2O5. The zero-order valence-corrected chi connectivity index (χ0v) is 9.99. The summed E-state index contributed by atoms with van der Waals surface area (Å²) in [6, 6.07) is -0.603. The van der Waals surface area contributed by atoms with Gasteiger partial charge in [0, 0.05) is 26.5 Å². The monoisotopic (exact) mass is 246 g/mol. The summed E-state index contributed by atoms with van der Waals surface area (Å²) < 4.78 is 4.90. The van der Waals surface area contributed by atoms with Gasteiger partial charge in [0.2, 0.25) is 5.91 Å². The van der Waals surface area contributed by atoms with Crippen molar-refractivity contribution in [1.82, 2.24) is 10.6 Å². The molecule has 0 heterocycles. The Hall–Kier alpha value is -1.63. The first-order valence-corrected chi connectivity index (χ1v) is 5.28. The van der Waals surface area contributed by atoms with E-state index >= 15 is 0 Å². The van der Waals surface area contributed by atoms with Gasteiger partial charge in [-0.05, 0) is 13.3 Å². The number of ether oxygens (including phenoxy) is 1. The molecule has 0 saturated carbocycles. The highest BCUT2D eigenvalue weighted by Crippen LogP contribution is 1.94. The molecule has 0 fully saturated rings. The number of carboxylic acid groups (broad SMARTS) is 1. The van der Waals surface area contributed by atoms with Gasteiger partial charge in [-0.3, -0.25) is 14.9 Å². The van der Waals surface area contributed by atoms with Gasteiger partial charge in [0.1, 0.15) is 0 Å². The van der Waals surface area contributed by atoms with Gasteiger partial charge in [-0.25, -0.2) is 4.79 Å². The topological polar surface area (TPSA) is 105 Å². The molecule has 1 atom stereocenters. The van der Waals surface area contributed by atoms with Crippen LogP contribution in [0.25, 0.3) is 0 Å². The number of hydrogen-bond donors (Lipinski definition) is 3. The normalized spacial score (nSPS) is 11.6. The van der Waals surface area contributed by atoms with Gasteiger partial charge < -0.3 is 15.2 Å². The molecule has 7 nitrogen and oxygen atoms in total. The number of rotatable bonds is 7. The van der Waals surface area contributed by atoms with Gasteiger partial charge in [0.25, 0.3) is 0 Å². The minimum atomic E-state index is -0.962. The van der Waals surface area contributed by atoms with Crippen LogP contribution in [0.1, 0.15) is 26.2 Å². The highest BCUT2D eigenvalue weighted by atomic mass is 16.5. The Balaban J connectivity index is 3.66. The van der Waals surface area contributed by atoms with Crippen molar-refractivity contribution in [2.45, 2.75) is 32.3 Å². The summed E-state index contributed by atoms with van der Waals surface area (Å²) in [5, 5.41) is 12.9. The maximum Gasteiger partial charge on any atom is 0.321 e. The molecule has 0 aromatic heterocycles. The second-order valence-electron chi connectivity index (χ2n) is 3.55. The highest BCUT2D eigenvalue weighted by molar-refractivity contribution is 5.94. The molecule has 0 radical (unpaired) electrons. The number of carboxylic acids is 1. The second kappa shape index (κ2) is 8.51. The summed E-state index contributed by atoms with van der Waals surface area (Å²) in [4.78, 5) is 32.5. The van der Waals surface area contributed by atoms with Crippen LogP contribution < -0.4 is 10.6 Å². The molecule has 0 bridgehead atoms. The van der Waals surface area contributed by atoms with Gasteiger partial charge in [-0.15, -0.1) is 0 Å². The molecule has 0 rings (SSSR count). The number of aliphatic carboxylic acids is 1. The molecule has 0 spiro atoms. The minimum absolute atomic E-state index is 0.0134. The lowest BCUT2D eigenvalue weighted by atomic mass is 10.2. The number of methoxy groups -OCH3 is 1. The number of nitrogens with one attached hydrogen (secondary N) is 2. The Morgan fingerprint density at radius 2 is 1.94 bits per heavy atom. The van der Waals surface area contributed by atoms with E-state index in [1.807, 2.05) is 0 Å². The largest absolute Gasteiger partial charge is 0.481 e. The van der Waals surface area contributed by atoms with Crippen LogP contribution in [0.15, 0.2) is 0 Å². The van der Waals surface area contributed by atoms with E-state index in [0.717, 1.165) is 0 Å². The van der Waals surface area contributed by atoms with Crippen LogP contribution in [0.4, 0.5) is 4.79 Å². The van der Waals surface area contributed by atoms with Crippen molar-refractivity contribution in [3.63, 3.8) is 0 Å². The Kier molecular flexibility index (Phi) is 7.70. The third-order valence-electron chi connectivity index (χ3n) is 2.00. The summed E-state index contributed by atoms with van der Waals surface area (Å²) in [5.41, 5.74) is 0. The van der Waals surface area contributed by atoms with E-state index in [1.54, 1.807) is 6.92 Å². The first kappa shape index (κ1) is 15.4. The molecule has 0 aliphatic heterocycles. The number of amides is 3. The first-order chi connectivity index (χ1) is 7.95. The smallest absolute Gasteiger partial charge is 0.321 e. The molecule has 0 saturated heterocycles. The third kappa shape index (κ3) is 9.31. The molecule has 3 amide bonds. The van der Waals surface area contributed by atoms with Crippen molar-refractivity contribution in [1.29, 1.82) is 0 Å². The van der Waals surface area contributed by atoms with Gasteiger partial charge in [0.05, 0.1) is 6.10 Å².